The van der Waals surface area contributed by atoms with Crippen molar-refractivity contribution in [1.29, 1.82) is 0 Å². The fourth-order valence-corrected chi connectivity index (χ4v) is 2.35. The van der Waals surface area contributed by atoms with E-state index in [-0.39, 0.29) is 6.10 Å². The number of halogens is 1. The molecule has 1 aliphatic heterocycles. The number of rotatable bonds is 2. The number of ether oxygens (including phenoxy) is 2. The van der Waals surface area contributed by atoms with E-state index in [2.05, 4.69) is 25.9 Å². The number of aromatic nitrogens is 3. The third kappa shape index (κ3) is 2.21. The Morgan fingerprint density at radius 2 is 2.39 bits per heavy atom. The van der Waals surface area contributed by atoms with Crippen LogP contribution in [-0.4, -0.2) is 40.5 Å². The molecule has 7 heteroatoms. The molecule has 18 heavy (non-hydrogen) atoms. The van der Waals surface area contributed by atoms with Crippen LogP contribution in [-0.2, 0) is 16.0 Å². The highest BCUT2D eigenvalue weighted by Crippen LogP contribution is 2.20. The summed E-state index contributed by atoms with van der Waals surface area (Å²) in [6.07, 6.45) is 1.74. The van der Waals surface area contributed by atoms with E-state index in [9.17, 15) is 0 Å². The number of nitrogens with zero attached hydrogens (tertiary/aromatic N) is 3. The first-order valence-corrected chi connectivity index (χ1v) is 6.50. The SMILES string of the molecule is Nc1nc2cc(Br)cnc2n1CC1COCCO1. The van der Waals surface area contributed by atoms with Crippen LogP contribution >= 0.6 is 15.9 Å². The molecular formula is C11H13BrN4O2. The van der Waals surface area contributed by atoms with Crippen LogP contribution in [0.1, 0.15) is 0 Å². The summed E-state index contributed by atoms with van der Waals surface area (Å²) in [6, 6.07) is 1.90. The van der Waals surface area contributed by atoms with Crippen molar-refractivity contribution in [3.8, 4) is 0 Å². The Morgan fingerprint density at radius 1 is 1.50 bits per heavy atom. The van der Waals surface area contributed by atoms with Crippen LogP contribution in [0.2, 0.25) is 0 Å². The summed E-state index contributed by atoms with van der Waals surface area (Å²) in [5.41, 5.74) is 7.47. The van der Waals surface area contributed by atoms with Crippen molar-refractivity contribution < 1.29 is 9.47 Å². The maximum absolute atomic E-state index is 5.92. The van der Waals surface area contributed by atoms with Gasteiger partial charge in [-0.1, -0.05) is 0 Å². The third-order valence-corrected chi connectivity index (χ3v) is 3.29. The minimum absolute atomic E-state index is 0.00361. The monoisotopic (exact) mass is 312 g/mol. The molecule has 1 saturated heterocycles. The van der Waals surface area contributed by atoms with Gasteiger partial charge in [-0.2, -0.15) is 0 Å². The van der Waals surface area contributed by atoms with Crippen molar-refractivity contribution in [3.63, 3.8) is 0 Å². The average molecular weight is 313 g/mol. The summed E-state index contributed by atoms with van der Waals surface area (Å²) in [7, 11) is 0. The van der Waals surface area contributed by atoms with E-state index in [1.54, 1.807) is 6.20 Å². The van der Waals surface area contributed by atoms with Crippen LogP contribution in [0.25, 0.3) is 11.2 Å². The summed E-state index contributed by atoms with van der Waals surface area (Å²) < 4.78 is 13.7. The topological polar surface area (TPSA) is 75.2 Å². The first kappa shape index (κ1) is 11.9. The number of fused-ring (bicyclic) bond motifs is 1. The fraction of sp³-hybridized carbons (Fsp3) is 0.455. The van der Waals surface area contributed by atoms with E-state index >= 15 is 0 Å². The molecule has 96 valence electrons. The van der Waals surface area contributed by atoms with Crippen LogP contribution < -0.4 is 5.73 Å². The van der Waals surface area contributed by atoms with E-state index in [0.717, 1.165) is 15.6 Å². The summed E-state index contributed by atoms with van der Waals surface area (Å²) in [5, 5.41) is 0. The van der Waals surface area contributed by atoms with Gasteiger partial charge in [-0.25, -0.2) is 9.97 Å². The second-order valence-electron chi connectivity index (χ2n) is 4.14. The van der Waals surface area contributed by atoms with Gasteiger partial charge < -0.3 is 15.2 Å². The van der Waals surface area contributed by atoms with Crippen molar-refractivity contribution in [3.05, 3.63) is 16.7 Å². The normalized spacial score (nSPS) is 20.4. The second-order valence-corrected chi connectivity index (χ2v) is 5.06. The molecule has 1 unspecified atom stereocenters. The smallest absolute Gasteiger partial charge is 0.202 e. The number of nitrogens with two attached hydrogens (primary N) is 1. The molecule has 0 radical (unpaired) electrons. The van der Waals surface area contributed by atoms with Crippen LogP contribution in [0.3, 0.4) is 0 Å². The number of nitrogen functional groups attached to an aromatic ring is 1. The number of hydrogen-bond acceptors (Lipinski definition) is 5. The predicted molar refractivity (Wildman–Crippen MR) is 70.2 cm³/mol. The standard InChI is InChI=1S/C11H13BrN4O2/c12-7-3-9-10(14-4-7)16(11(13)15-9)5-8-6-17-1-2-18-8/h3-4,8H,1-2,5-6H2,(H2,13,15). The average Bonchev–Trinajstić information content (AvgIpc) is 2.66. The lowest BCUT2D eigenvalue weighted by atomic mass is 10.3. The van der Waals surface area contributed by atoms with Gasteiger partial charge in [-0.05, 0) is 22.0 Å². The van der Waals surface area contributed by atoms with Gasteiger partial charge in [0.05, 0.1) is 32.5 Å². The highest BCUT2D eigenvalue weighted by molar-refractivity contribution is 9.10. The van der Waals surface area contributed by atoms with E-state index < -0.39 is 0 Å². The summed E-state index contributed by atoms with van der Waals surface area (Å²) in [6.45, 7) is 2.46. The Morgan fingerprint density at radius 3 is 3.17 bits per heavy atom. The summed E-state index contributed by atoms with van der Waals surface area (Å²) in [5.74, 6) is 0.449. The highest BCUT2D eigenvalue weighted by Gasteiger charge is 2.18. The number of anilines is 1. The number of imidazole rings is 1. The van der Waals surface area contributed by atoms with Crippen molar-refractivity contribution in [1.82, 2.24) is 14.5 Å². The van der Waals surface area contributed by atoms with E-state index in [4.69, 9.17) is 15.2 Å². The van der Waals surface area contributed by atoms with Crippen molar-refractivity contribution in [2.45, 2.75) is 12.6 Å². The molecule has 0 spiro atoms. The van der Waals surface area contributed by atoms with Crippen molar-refractivity contribution in [2.24, 2.45) is 0 Å². The molecule has 0 aliphatic carbocycles. The predicted octanol–water partition coefficient (Wildman–Crippen LogP) is 1.19. The minimum Gasteiger partial charge on any atom is -0.376 e. The highest BCUT2D eigenvalue weighted by atomic mass is 79.9. The number of pyridine rings is 1. The number of hydrogen-bond donors (Lipinski definition) is 1. The largest absolute Gasteiger partial charge is 0.376 e. The van der Waals surface area contributed by atoms with E-state index in [1.807, 2.05) is 10.6 Å². The Kier molecular flexibility index (Phi) is 3.19. The van der Waals surface area contributed by atoms with Gasteiger partial charge in [0, 0.05) is 10.7 Å². The molecule has 2 aromatic heterocycles. The first-order chi connectivity index (χ1) is 8.74. The third-order valence-electron chi connectivity index (χ3n) is 2.85. The van der Waals surface area contributed by atoms with Crippen LogP contribution in [0.15, 0.2) is 16.7 Å². The Hall–Kier alpha value is -1.18. The van der Waals surface area contributed by atoms with Crippen molar-refractivity contribution in [2.75, 3.05) is 25.6 Å². The molecule has 3 heterocycles. The molecule has 1 aliphatic rings. The second kappa shape index (κ2) is 4.83. The summed E-state index contributed by atoms with van der Waals surface area (Å²) >= 11 is 3.37. The van der Waals surface area contributed by atoms with E-state index in [0.29, 0.717) is 32.3 Å². The zero-order valence-electron chi connectivity index (χ0n) is 9.67. The molecule has 0 bridgehead atoms. The molecule has 0 aromatic carbocycles. The molecule has 0 amide bonds. The van der Waals surface area contributed by atoms with Gasteiger partial charge in [0.25, 0.3) is 0 Å². The van der Waals surface area contributed by atoms with Gasteiger partial charge in [0.1, 0.15) is 5.52 Å². The van der Waals surface area contributed by atoms with Gasteiger partial charge in [-0.3, -0.25) is 4.57 Å². The lowest BCUT2D eigenvalue weighted by molar-refractivity contribution is -0.0931. The molecule has 3 rings (SSSR count). The van der Waals surface area contributed by atoms with Crippen LogP contribution in [0, 0.1) is 0 Å². The molecule has 6 nitrogen and oxygen atoms in total. The van der Waals surface area contributed by atoms with Gasteiger partial charge in [0.15, 0.2) is 5.65 Å². The molecular weight excluding hydrogens is 300 g/mol. The molecule has 1 atom stereocenters. The quantitative estimate of drug-likeness (QED) is 0.901. The molecule has 2 N–H and O–H groups in total. The molecule has 0 saturated carbocycles. The van der Waals surface area contributed by atoms with Crippen LogP contribution in [0.5, 0.6) is 0 Å². The Bertz CT molecular complexity index is 565. The summed E-state index contributed by atoms with van der Waals surface area (Å²) in [4.78, 5) is 8.64. The lowest BCUT2D eigenvalue weighted by Gasteiger charge is -2.23. The fourth-order valence-electron chi connectivity index (χ4n) is 2.03. The van der Waals surface area contributed by atoms with Gasteiger partial charge in [-0.15, -0.1) is 0 Å². The van der Waals surface area contributed by atoms with Gasteiger partial charge >= 0.3 is 0 Å². The Labute approximate surface area is 112 Å². The molecule has 2 aromatic rings. The zero-order chi connectivity index (χ0) is 12.5. The molecule has 1 fully saturated rings. The van der Waals surface area contributed by atoms with E-state index in [1.165, 1.54) is 0 Å². The van der Waals surface area contributed by atoms with Gasteiger partial charge in [0.2, 0.25) is 5.95 Å². The van der Waals surface area contributed by atoms with Crippen molar-refractivity contribution >= 4 is 33.0 Å². The maximum atomic E-state index is 5.92. The lowest BCUT2D eigenvalue weighted by Crippen LogP contribution is -2.32. The minimum atomic E-state index is 0.00361. The first-order valence-electron chi connectivity index (χ1n) is 5.70. The zero-order valence-corrected chi connectivity index (χ0v) is 11.3. The van der Waals surface area contributed by atoms with Crippen LogP contribution in [0.4, 0.5) is 5.95 Å². The maximum Gasteiger partial charge on any atom is 0.202 e. The Balaban J connectivity index is 1.92.